The molecule has 0 unspecified atom stereocenters. The van der Waals surface area contributed by atoms with Gasteiger partial charge >= 0.3 is 0 Å². The van der Waals surface area contributed by atoms with E-state index in [-0.39, 0.29) is 0 Å². The molecule has 0 amide bonds. The van der Waals surface area contributed by atoms with Gasteiger partial charge in [-0.2, -0.15) is 0 Å². The summed E-state index contributed by atoms with van der Waals surface area (Å²) in [7, 11) is -3.35. The summed E-state index contributed by atoms with van der Waals surface area (Å²) in [5.41, 5.74) is 5.82. The van der Waals surface area contributed by atoms with Crippen molar-refractivity contribution < 1.29 is 4.57 Å². The lowest BCUT2D eigenvalue weighted by Crippen LogP contribution is -2.25. The van der Waals surface area contributed by atoms with Gasteiger partial charge in [-0.1, -0.05) is 170 Å². The lowest BCUT2D eigenvalue weighted by molar-refractivity contribution is 0.592. The van der Waals surface area contributed by atoms with E-state index in [9.17, 15) is 0 Å². The van der Waals surface area contributed by atoms with E-state index < -0.39 is 7.14 Å². The van der Waals surface area contributed by atoms with E-state index in [1.165, 1.54) is 0 Å². The van der Waals surface area contributed by atoms with E-state index in [2.05, 4.69) is 120 Å². The first-order valence-corrected chi connectivity index (χ1v) is 18.9. The third-order valence-electron chi connectivity index (χ3n) is 9.68. The Bertz CT molecular complexity index is 2620. The van der Waals surface area contributed by atoms with E-state index in [1.54, 1.807) is 0 Å². The van der Waals surface area contributed by atoms with Crippen LogP contribution in [0.3, 0.4) is 0 Å². The van der Waals surface area contributed by atoms with Crippen LogP contribution in [0.5, 0.6) is 0 Å². The highest BCUT2D eigenvalue weighted by Crippen LogP contribution is 2.48. The molecule has 0 saturated heterocycles. The zero-order valence-electron chi connectivity index (χ0n) is 27.8. The van der Waals surface area contributed by atoms with Gasteiger partial charge in [0.05, 0.1) is 16.9 Å². The summed E-state index contributed by atoms with van der Waals surface area (Å²) in [5.74, 6) is 0. The molecule has 9 aromatic rings. The van der Waals surface area contributed by atoms with Gasteiger partial charge in [-0.3, -0.25) is 0 Å². The number of fused-ring (bicyclic) bond motifs is 5. The van der Waals surface area contributed by atoms with Crippen LogP contribution < -0.4 is 20.8 Å². The second-order valence-electron chi connectivity index (χ2n) is 12.6. The molecule has 51 heavy (non-hydrogen) atoms. The highest BCUT2D eigenvalue weighted by molar-refractivity contribution is 7.85. The fourth-order valence-electron chi connectivity index (χ4n) is 7.40. The lowest BCUT2D eigenvalue weighted by Gasteiger charge is -2.27. The van der Waals surface area contributed by atoms with Crippen molar-refractivity contribution in [3.8, 4) is 11.3 Å². The van der Waals surface area contributed by atoms with Crippen LogP contribution in [-0.4, -0.2) is 4.98 Å². The summed E-state index contributed by atoms with van der Waals surface area (Å²) in [6.07, 6.45) is 0. The average molecular weight is 673 g/mol. The molecule has 0 radical (unpaired) electrons. The van der Waals surface area contributed by atoms with Crippen LogP contribution in [0.2, 0.25) is 0 Å². The van der Waals surface area contributed by atoms with Gasteiger partial charge in [0.2, 0.25) is 0 Å². The number of anilines is 3. The number of hydrogen-bond donors (Lipinski definition) is 0. The first-order valence-electron chi connectivity index (χ1n) is 17.2. The third kappa shape index (κ3) is 5.22. The fraction of sp³-hybridized carbons (Fsp3) is 0. The SMILES string of the molecule is O=P(c1ccccc1)(c1ccccc1)c1cccc2ccc3c(-c4ccccc4)nc4c(N(c5ccccc5)c5ccccc5)cccc4c3c12. The molecular formula is C47H33N2OP. The van der Waals surface area contributed by atoms with Crippen molar-refractivity contribution in [1.29, 1.82) is 0 Å². The average Bonchev–Trinajstić information content (AvgIpc) is 3.22. The smallest absolute Gasteiger partial charge is 0.171 e. The number of aromatic nitrogens is 1. The predicted molar refractivity (Wildman–Crippen MR) is 216 cm³/mol. The maximum absolute atomic E-state index is 16.1. The number of pyridine rings is 1. The van der Waals surface area contributed by atoms with Crippen LogP contribution in [0.1, 0.15) is 0 Å². The third-order valence-corrected chi connectivity index (χ3v) is 12.8. The monoisotopic (exact) mass is 672 g/mol. The van der Waals surface area contributed by atoms with Gasteiger partial charge < -0.3 is 9.46 Å². The maximum atomic E-state index is 16.1. The van der Waals surface area contributed by atoms with Gasteiger partial charge in [0.25, 0.3) is 0 Å². The summed E-state index contributed by atoms with van der Waals surface area (Å²) in [5, 5.41) is 7.52. The molecule has 242 valence electrons. The minimum absolute atomic E-state index is 0.808. The molecule has 1 aromatic heterocycles. The number of para-hydroxylation sites is 3. The Morgan fingerprint density at radius 3 is 1.55 bits per heavy atom. The first-order chi connectivity index (χ1) is 25.2. The van der Waals surface area contributed by atoms with Crippen molar-refractivity contribution in [1.82, 2.24) is 4.98 Å². The van der Waals surface area contributed by atoms with Crippen LogP contribution in [0, 0.1) is 0 Å². The summed E-state index contributed by atoms with van der Waals surface area (Å²) in [6, 6.07) is 68.2. The van der Waals surface area contributed by atoms with E-state index in [0.717, 1.165) is 76.7 Å². The van der Waals surface area contributed by atoms with Gasteiger partial charge in [-0.15, -0.1) is 0 Å². The molecule has 0 aliphatic carbocycles. The summed E-state index contributed by atoms with van der Waals surface area (Å²) >= 11 is 0. The Balaban J connectivity index is 1.47. The normalized spacial score (nSPS) is 11.6. The topological polar surface area (TPSA) is 33.2 Å². The summed E-state index contributed by atoms with van der Waals surface area (Å²) in [4.78, 5) is 7.83. The van der Waals surface area contributed by atoms with Crippen molar-refractivity contribution in [3.05, 3.63) is 200 Å². The summed E-state index contributed by atoms with van der Waals surface area (Å²) < 4.78 is 16.1. The Hall–Kier alpha value is -6.28. The van der Waals surface area contributed by atoms with E-state index in [4.69, 9.17) is 4.98 Å². The molecule has 0 aliphatic rings. The highest BCUT2D eigenvalue weighted by Gasteiger charge is 2.32. The van der Waals surface area contributed by atoms with Crippen LogP contribution >= 0.6 is 7.14 Å². The van der Waals surface area contributed by atoms with Crippen molar-refractivity contribution in [3.63, 3.8) is 0 Å². The summed E-state index contributed by atoms with van der Waals surface area (Å²) in [6.45, 7) is 0. The van der Waals surface area contributed by atoms with Crippen molar-refractivity contribution in [2.24, 2.45) is 0 Å². The largest absolute Gasteiger partial charge is 0.309 e. The molecular weight excluding hydrogens is 640 g/mol. The van der Waals surface area contributed by atoms with E-state index in [0.29, 0.717) is 0 Å². The maximum Gasteiger partial charge on any atom is 0.171 e. The Morgan fingerprint density at radius 2 is 0.961 bits per heavy atom. The quantitative estimate of drug-likeness (QED) is 0.125. The molecule has 0 atom stereocenters. The Morgan fingerprint density at radius 1 is 0.431 bits per heavy atom. The molecule has 3 nitrogen and oxygen atoms in total. The van der Waals surface area contributed by atoms with Crippen LogP contribution in [0.25, 0.3) is 43.7 Å². The number of rotatable bonds is 7. The van der Waals surface area contributed by atoms with E-state index in [1.807, 2.05) is 84.9 Å². The number of benzene rings is 8. The van der Waals surface area contributed by atoms with Gasteiger partial charge in [-0.25, -0.2) is 4.98 Å². The van der Waals surface area contributed by atoms with Crippen molar-refractivity contribution in [2.75, 3.05) is 4.90 Å². The Kier molecular flexibility index (Phi) is 7.76. The standard InChI is InChI=1S/C47H33N2OP/c50-51(38-25-12-4-13-26-38,39-27-14-5-15-28-39)43-31-16-20-34-32-33-41-45(44(34)43)40-29-17-30-42(47(40)48-46(41)35-18-6-1-7-19-35)49(36-21-8-2-9-22-36)37-23-10-3-11-24-37/h1-33H. The zero-order chi connectivity index (χ0) is 34.2. The van der Waals surface area contributed by atoms with E-state index >= 15 is 4.57 Å². The molecule has 8 aromatic carbocycles. The van der Waals surface area contributed by atoms with Gasteiger partial charge in [-0.05, 0) is 35.7 Å². The van der Waals surface area contributed by atoms with Crippen LogP contribution in [0.4, 0.5) is 17.1 Å². The predicted octanol–water partition coefficient (Wildman–Crippen LogP) is 11.3. The second-order valence-corrected chi connectivity index (χ2v) is 15.4. The molecule has 0 aliphatic heterocycles. The molecule has 0 bridgehead atoms. The minimum atomic E-state index is -3.35. The van der Waals surface area contributed by atoms with Gasteiger partial charge in [0, 0.05) is 54.4 Å². The van der Waals surface area contributed by atoms with Crippen LogP contribution in [0.15, 0.2) is 200 Å². The molecule has 0 fully saturated rings. The van der Waals surface area contributed by atoms with Gasteiger partial charge in [0.1, 0.15) is 0 Å². The number of nitrogens with zero attached hydrogens (tertiary/aromatic N) is 2. The number of hydrogen-bond acceptors (Lipinski definition) is 3. The lowest BCUT2D eigenvalue weighted by atomic mass is 9.94. The molecule has 1 heterocycles. The fourth-order valence-corrected chi connectivity index (χ4v) is 10.3. The molecule has 0 saturated carbocycles. The molecule has 4 heteroatoms. The van der Waals surface area contributed by atoms with Crippen LogP contribution in [-0.2, 0) is 4.57 Å². The molecule has 9 rings (SSSR count). The van der Waals surface area contributed by atoms with Gasteiger partial charge in [0.15, 0.2) is 7.14 Å². The highest BCUT2D eigenvalue weighted by atomic mass is 31.2. The minimum Gasteiger partial charge on any atom is -0.309 e. The zero-order valence-corrected chi connectivity index (χ0v) is 28.7. The molecule has 0 N–H and O–H groups in total. The first kappa shape index (κ1) is 30.8. The van der Waals surface area contributed by atoms with Crippen molar-refractivity contribution in [2.45, 2.75) is 0 Å². The second kappa shape index (κ2) is 12.9. The molecule has 0 spiro atoms. The Labute approximate surface area is 297 Å². The van der Waals surface area contributed by atoms with Crippen molar-refractivity contribution >= 4 is 72.6 Å².